The van der Waals surface area contributed by atoms with E-state index in [4.69, 9.17) is 9.84 Å². The Bertz CT molecular complexity index is 212. The van der Waals surface area contributed by atoms with Crippen molar-refractivity contribution >= 4 is 11.9 Å². The molecular weight excluding hydrogens is 174 g/mol. The van der Waals surface area contributed by atoms with Crippen LogP contribution in [0.4, 0.5) is 0 Å². The van der Waals surface area contributed by atoms with Crippen LogP contribution in [0, 0.1) is 0 Å². The van der Waals surface area contributed by atoms with Gasteiger partial charge >= 0.3 is 5.97 Å². The normalized spacial score (nSPS) is 17.9. The minimum atomic E-state index is -1.06. The molecule has 0 bridgehead atoms. The van der Waals surface area contributed by atoms with Crippen LogP contribution < -0.4 is 5.32 Å². The molecule has 5 heteroatoms. The highest BCUT2D eigenvalue weighted by Crippen LogP contribution is 2.18. The maximum atomic E-state index is 11.0. The van der Waals surface area contributed by atoms with E-state index in [0.717, 1.165) is 12.8 Å². The number of hydrogen-bond acceptors (Lipinski definition) is 3. The number of amides is 1. The Morgan fingerprint density at radius 3 is 2.69 bits per heavy atom. The average Bonchev–Trinajstić information content (AvgIpc) is 2.83. The third kappa shape index (κ3) is 3.89. The standard InChI is InChI=1S/C8H13NO4/c1-5(8(11)12)13-4-7(10)9-6-2-3-6/h5-6H,2-4H2,1H3,(H,9,10)(H,11,12). The number of carbonyl (C=O) groups excluding carboxylic acids is 1. The Hall–Kier alpha value is -1.10. The van der Waals surface area contributed by atoms with Crippen LogP contribution in [0.2, 0.25) is 0 Å². The van der Waals surface area contributed by atoms with Crippen LogP contribution in [-0.4, -0.2) is 35.7 Å². The Kier molecular flexibility index (Phi) is 3.25. The van der Waals surface area contributed by atoms with Gasteiger partial charge in [-0.15, -0.1) is 0 Å². The van der Waals surface area contributed by atoms with Crippen molar-refractivity contribution in [1.29, 1.82) is 0 Å². The van der Waals surface area contributed by atoms with Crippen LogP contribution in [0.15, 0.2) is 0 Å². The van der Waals surface area contributed by atoms with Crippen molar-refractivity contribution in [1.82, 2.24) is 5.32 Å². The van der Waals surface area contributed by atoms with E-state index in [1.165, 1.54) is 6.92 Å². The number of rotatable bonds is 5. The van der Waals surface area contributed by atoms with E-state index >= 15 is 0 Å². The topological polar surface area (TPSA) is 75.6 Å². The SMILES string of the molecule is CC(OCC(=O)NC1CC1)C(=O)O. The van der Waals surface area contributed by atoms with E-state index in [1.807, 2.05) is 0 Å². The van der Waals surface area contributed by atoms with Gasteiger partial charge in [0.15, 0.2) is 6.10 Å². The molecule has 0 saturated heterocycles. The molecule has 0 spiro atoms. The van der Waals surface area contributed by atoms with Crippen LogP contribution in [-0.2, 0) is 14.3 Å². The summed E-state index contributed by atoms with van der Waals surface area (Å²) >= 11 is 0. The summed E-state index contributed by atoms with van der Waals surface area (Å²) in [6.07, 6.45) is 1.10. The number of hydrogen-bond donors (Lipinski definition) is 2. The van der Waals surface area contributed by atoms with Crippen LogP contribution in [0.5, 0.6) is 0 Å². The Labute approximate surface area is 76.1 Å². The smallest absolute Gasteiger partial charge is 0.332 e. The monoisotopic (exact) mass is 187 g/mol. The van der Waals surface area contributed by atoms with Gasteiger partial charge in [-0.2, -0.15) is 0 Å². The Balaban J connectivity index is 2.09. The van der Waals surface area contributed by atoms with Crippen molar-refractivity contribution in [2.75, 3.05) is 6.61 Å². The molecule has 1 aliphatic carbocycles. The number of nitrogens with one attached hydrogen (secondary N) is 1. The zero-order valence-electron chi connectivity index (χ0n) is 7.45. The molecule has 74 valence electrons. The van der Waals surface area contributed by atoms with Crippen molar-refractivity contribution in [3.05, 3.63) is 0 Å². The maximum absolute atomic E-state index is 11.0. The lowest BCUT2D eigenvalue weighted by Gasteiger charge is -2.07. The van der Waals surface area contributed by atoms with Crippen molar-refractivity contribution in [2.45, 2.75) is 31.9 Å². The summed E-state index contributed by atoms with van der Waals surface area (Å²) in [5.74, 6) is -1.30. The minimum absolute atomic E-state index is 0.177. The predicted molar refractivity (Wildman–Crippen MR) is 44.2 cm³/mol. The molecule has 1 unspecified atom stereocenters. The van der Waals surface area contributed by atoms with Gasteiger partial charge in [0.2, 0.25) is 5.91 Å². The van der Waals surface area contributed by atoms with Crippen LogP contribution in [0.25, 0.3) is 0 Å². The summed E-state index contributed by atoms with van der Waals surface area (Å²) in [7, 11) is 0. The molecule has 13 heavy (non-hydrogen) atoms. The highest BCUT2D eigenvalue weighted by Gasteiger charge is 2.23. The van der Waals surface area contributed by atoms with Gasteiger partial charge in [0.25, 0.3) is 0 Å². The molecule has 0 radical (unpaired) electrons. The molecule has 5 nitrogen and oxygen atoms in total. The van der Waals surface area contributed by atoms with E-state index in [9.17, 15) is 9.59 Å². The lowest BCUT2D eigenvalue weighted by atomic mass is 10.4. The summed E-state index contributed by atoms with van der Waals surface area (Å²) in [5, 5.41) is 11.1. The van der Waals surface area contributed by atoms with Gasteiger partial charge in [-0.1, -0.05) is 0 Å². The van der Waals surface area contributed by atoms with Crippen molar-refractivity contribution < 1.29 is 19.4 Å². The number of carbonyl (C=O) groups is 2. The fourth-order valence-corrected chi connectivity index (χ4v) is 0.769. The molecule has 1 fully saturated rings. The highest BCUT2D eigenvalue weighted by atomic mass is 16.5. The zero-order chi connectivity index (χ0) is 9.84. The van der Waals surface area contributed by atoms with E-state index in [-0.39, 0.29) is 18.6 Å². The van der Waals surface area contributed by atoms with Gasteiger partial charge in [-0.3, -0.25) is 4.79 Å². The first-order chi connectivity index (χ1) is 6.09. The summed E-state index contributed by atoms with van der Waals surface area (Å²) in [4.78, 5) is 21.3. The number of carboxylic acids is 1. The van der Waals surface area contributed by atoms with E-state index in [2.05, 4.69) is 5.32 Å². The first-order valence-corrected chi connectivity index (χ1v) is 4.23. The molecule has 1 saturated carbocycles. The van der Waals surface area contributed by atoms with Gasteiger partial charge in [0.1, 0.15) is 6.61 Å². The molecule has 1 amide bonds. The van der Waals surface area contributed by atoms with Gasteiger partial charge < -0.3 is 15.2 Å². The predicted octanol–water partition coefficient (Wildman–Crippen LogP) is -0.245. The molecule has 0 aromatic carbocycles. The second-order valence-electron chi connectivity index (χ2n) is 3.13. The van der Waals surface area contributed by atoms with Crippen LogP contribution >= 0.6 is 0 Å². The summed E-state index contributed by atoms with van der Waals surface area (Å²) < 4.78 is 4.78. The molecule has 0 heterocycles. The summed E-state index contributed by atoms with van der Waals surface area (Å²) in [6, 6.07) is 0.288. The fourth-order valence-electron chi connectivity index (χ4n) is 0.769. The largest absolute Gasteiger partial charge is 0.479 e. The van der Waals surface area contributed by atoms with Gasteiger partial charge in [0, 0.05) is 6.04 Å². The summed E-state index contributed by atoms with van der Waals surface area (Å²) in [6.45, 7) is 1.22. The van der Waals surface area contributed by atoms with Crippen LogP contribution in [0.3, 0.4) is 0 Å². The summed E-state index contributed by atoms with van der Waals surface area (Å²) in [5.41, 5.74) is 0. The van der Waals surface area contributed by atoms with E-state index in [0.29, 0.717) is 0 Å². The second kappa shape index (κ2) is 4.23. The first kappa shape index (κ1) is 9.98. The van der Waals surface area contributed by atoms with Gasteiger partial charge in [-0.05, 0) is 19.8 Å². The Morgan fingerprint density at radius 1 is 1.62 bits per heavy atom. The third-order valence-electron chi connectivity index (χ3n) is 1.75. The number of carboxylic acid groups (broad SMARTS) is 1. The van der Waals surface area contributed by atoms with Crippen LogP contribution in [0.1, 0.15) is 19.8 Å². The fraction of sp³-hybridized carbons (Fsp3) is 0.750. The van der Waals surface area contributed by atoms with Crippen molar-refractivity contribution in [3.8, 4) is 0 Å². The molecule has 0 aromatic heterocycles. The van der Waals surface area contributed by atoms with Crippen molar-refractivity contribution in [3.63, 3.8) is 0 Å². The lowest BCUT2D eigenvalue weighted by Crippen LogP contribution is -2.32. The average molecular weight is 187 g/mol. The molecule has 1 rings (SSSR count). The molecule has 1 aliphatic rings. The van der Waals surface area contributed by atoms with Gasteiger partial charge in [-0.25, -0.2) is 4.79 Å². The van der Waals surface area contributed by atoms with Crippen molar-refractivity contribution in [2.24, 2.45) is 0 Å². The molecule has 0 aliphatic heterocycles. The minimum Gasteiger partial charge on any atom is -0.479 e. The first-order valence-electron chi connectivity index (χ1n) is 4.23. The zero-order valence-corrected chi connectivity index (χ0v) is 7.45. The second-order valence-corrected chi connectivity index (χ2v) is 3.13. The molecular formula is C8H13NO4. The quantitative estimate of drug-likeness (QED) is 0.622. The Morgan fingerprint density at radius 2 is 2.23 bits per heavy atom. The van der Waals surface area contributed by atoms with E-state index < -0.39 is 12.1 Å². The lowest BCUT2D eigenvalue weighted by molar-refractivity contribution is -0.150. The highest BCUT2D eigenvalue weighted by molar-refractivity contribution is 5.78. The number of aliphatic carboxylic acids is 1. The van der Waals surface area contributed by atoms with Gasteiger partial charge in [0.05, 0.1) is 0 Å². The molecule has 0 aromatic rings. The third-order valence-corrected chi connectivity index (χ3v) is 1.75. The molecule has 1 atom stereocenters. The number of ether oxygens (including phenoxy) is 1. The van der Waals surface area contributed by atoms with E-state index in [1.54, 1.807) is 0 Å². The molecule has 2 N–H and O–H groups in total. The maximum Gasteiger partial charge on any atom is 0.332 e.